The van der Waals surface area contributed by atoms with E-state index in [9.17, 15) is 9.59 Å². The van der Waals surface area contributed by atoms with Gasteiger partial charge in [0, 0.05) is 25.3 Å². The molecule has 2 amide bonds. The molecule has 0 aliphatic heterocycles. The molecule has 3 aromatic rings. The molecule has 8 heteroatoms. The van der Waals surface area contributed by atoms with Gasteiger partial charge in [-0.1, -0.05) is 60.7 Å². The van der Waals surface area contributed by atoms with Crippen molar-refractivity contribution in [1.29, 1.82) is 0 Å². The largest absolute Gasteiger partial charge is 0.490 e. The maximum Gasteiger partial charge on any atom is 0.407 e. The second-order valence-corrected chi connectivity index (χ2v) is 7.25. The van der Waals surface area contributed by atoms with E-state index in [4.69, 9.17) is 14.2 Å². The molecule has 34 heavy (non-hydrogen) atoms. The van der Waals surface area contributed by atoms with Gasteiger partial charge in [0.05, 0.1) is 0 Å². The molecular weight excluding hydrogens is 434 g/mol. The molecule has 0 aliphatic carbocycles. The van der Waals surface area contributed by atoms with E-state index < -0.39 is 12.2 Å². The highest BCUT2D eigenvalue weighted by atomic mass is 16.6. The number of carbonyl (C=O) groups is 2. The van der Waals surface area contributed by atoms with E-state index in [2.05, 4.69) is 16.0 Å². The van der Waals surface area contributed by atoms with Crippen molar-refractivity contribution < 1.29 is 23.8 Å². The van der Waals surface area contributed by atoms with E-state index in [1.54, 1.807) is 0 Å². The summed E-state index contributed by atoms with van der Waals surface area (Å²) >= 11 is 0. The molecule has 0 heterocycles. The molecule has 3 rings (SSSR count). The molecule has 3 N–H and O–H groups in total. The first-order valence-corrected chi connectivity index (χ1v) is 11.0. The fourth-order valence-corrected chi connectivity index (χ4v) is 3.01. The molecule has 0 spiro atoms. The van der Waals surface area contributed by atoms with E-state index in [-0.39, 0.29) is 19.8 Å². The number of hydrogen-bond donors (Lipinski definition) is 3. The third-order valence-corrected chi connectivity index (χ3v) is 4.63. The molecule has 0 saturated carbocycles. The van der Waals surface area contributed by atoms with Crippen molar-refractivity contribution in [1.82, 2.24) is 10.6 Å². The van der Waals surface area contributed by atoms with Crippen molar-refractivity contribution >= 4 is 17.9 Å². The highest BCUT2D eigenvalue weighted by Crippen LogP contribution is 2.08. The van der Waals surface area contributed by atoms with E-state index in [1.165, 1.54) is 0 Å². The summed E-state index contributed by atoms with van der Waals surface area (Å²) in [6.45, 7) is 1.82. The Kier molecular flexibility index (Phi) is 10.1. The van der Waals surface area contributed by atoms with Gasteiger partial charge >= 0.3 is 12.2 Å². The van der Waals surface area contributed by atoms with Crippen LogP contribution in [0.1, 0.15) is 11.1 Å². The van der Waals surface area contributed by atoms with Gasteiger partial charge in [0.2, 0.25) is 0 Å². The van der Waals surface area contributed by atoms with Crippen LogP contribution in [0.25, 0.3) is 0 Å². The fraction of sp³-hybridized carbons (Fsp3) is 0.231. The molecule has 0 aliphatic rings. The first-order valence-electron chi connectivity index (χ1n) is 11.0. The van der Waals surface area contributed by atoms with Crippen molar-refractivity contribution in [2.45, 2.75) is 13.1 Å². The average molecular weight is 464 g/mol. The summed E-state index contributed by atoms with van der Waals surface area (Å²) in [5.41, 5.74) is 2.75. The number of nitrogens with one attached hydrogen (secondary N) is 3. The molecule has 0 bridgehead atoms. The Morgan fingerprint density at radius 3 is 1.88 bits per heavy atom. The van der Waals surface area contributed by atoms with E-state index in [0.29, 0.717) is 19.6 Å². The summed E-state index contributed by atoms with van der Waals surface area (Å²) in [6, 6.07) is 26.6. The van der Waals surface area contributed by atoms with Gasteiger partial charge in [0.15, 0.2) is 0 Å². The van der Waals surface area contributed by atoms with Crippen LogP contribution in [-0.2, 0) is 22.6 Å². The lowest BCUT2D eigenvalue weighted by molar-refractivity contribution is 0.124. The summed E-state index contributed by atoms with van der Waals surface area (Å²) in [4.78, 5) is 23.8. The van der Waals surface area contributed by atoms with Crippen LogP contribution < -0.4 is 20.7 Å². The lowest BCUT2D eigenvalue weighted by atomic mass is 10.1. The van der Waals surface area contributed by atoms with Crippen molar-refractivity contribution in [2.24, 2.45) is 0 Å². The predicted molar refractivity (Wildman–Crippen MR) is 130 cm³/mol. The van der Waals surface area contributed by atoms with E-state index >= 15 is 0 Å². The number of ether oxygens (including phenoxy) is 3. The third kappa shape index (κ3) is 9.52. The van der Waals surface area contributed by atoms with Gasteiger partial charge in [-0.25, -0.2) is 9.59 Å². The second kappa shape index (κ2) is 14.1. The molecule has 0 atom stereocenters. The maximum atomic E-state index is 11.9. The summed E-state index contributed by atoms with van der Waals surface area (Å²) in [5, 5.41) is 8.60. The van der Waals surface area contributed by atoms with Gasteiger partial charge in [-0.15, -0.1) is 0 Å². The lowest BCUT2D eigenvalue weighted by Crippen LogP contribution is -2.26. The topological polar surface area (TPSA) is 97.9 Å². The molecule has 0 aromatic heterocycles. The summed E-state index contributed by atoms with van der Waals surface area (Å²) in [6.07, 6.45) is -1.01. The Balaban J connectivity index is 1.27. The molecule has 8 nitrogen and oxygen atoms in total. The number of anilines is 1. The Morgan fingerprint density at radius 1 is 0.647 bits per heavy atom. The highest BCUT2D eigenvalue weighted by molar-refractivity contribution is 5.67. The zero-order valence-corrected chi connectivity index (χ0v) is 18.9. The van der Waals surface area contributed by atoms with Gasteiger partial charge in [-0.3, -0.25) is 0 Å². The van der Waals surface area contributed by atoms with E-state index in [1.807, 2.05) is 84.9 Å². The maximum absolute atomic E-state index is 11.9. The number of rotatable bonds is 12. The minimum atomic E-state index is -0.520. The molecular formula is C26H29N3O5. The van der Waals surface area contributed by atoms with Crippen LogP contribution in [0.5, 0.6) is 5.75 Å². The number of para-hydroxylation sites is 2. The standard InChI is InChI=1S/C26H29N3O5/c30-25(33-15-14-27-23-10-3-1-4-11-23)28-19-21-8-7-9-22(18-21)20-29-26(31)34-17-16-32-24-12-5-2-6-13-24/h1-13,18,27H,14-17,19-20H2,(H,28,30)(H,29,31). The number of benzene rings is 3. The first kappa shape index (κ1) is 24.4. The zero-order chi connectivity index (χ0) is 23.8. The van der Waals surface area contributed by atoms with Crippen LogP contribution in [0, 0.1) is 0 Å². The Morgan fingerprint density at radius 2 is 1.24 bits per heavy atom. The molecule has 0 unspecified atom stereocenters. The van der Waals surface area contributed by atoms with Crippen LogP contribution in [0.15, 0.2) is 84.9 Å². The van der Waals surface area contributed by atoms with Crippen molar-refractivity contribution in [3.05, 3.63) is 96.1 Å². The molecule has 0 radical (unpaired) electrons. The minimum absolute atomic E-state index is 0.146. The fourth-order valence-electron chi connectivity index (χ4n) is 3.01. The Labute approximate surface area is 199 Å². The van der Waals surface area contributed by atoms with Gasteiger partial charge < -0.3 is 30.2 Å². The Hall–Kier alpha value is -4.20. The summed E-state index contributed by atoms with van der Waals surface area (Å²) in [7, 11) is 0. The molecule has 3 aromatic carbocycles. The Bertz CT molecular complexity index is 936. The first-order chi connectivity index (χ1) is 16.7. The average Bonchev–Trinajstić information content (AvgIpc) is 2.88. The smallest absolute Gasteiger partial charge is 0.407 e. The molecule has 0 saturated heterocycles. The van der Waals surface area contributed by atoms with Gasteiger partial charge in [0.25, 0.3) is 0 Å². The summed E-state index contributed by atoms with van der Waals surface area (Å²) in [5.74, 6) is 0.727. The number of alkyl carbamates (subject to hydrolysis) is 2. The van der Waals surface area contributed by atoms with Crippen LogP contribution in [-0.4, -0.2) is 38.6 Å². The third-order valence-electron chi connectivity index (χ3n) is 4.63. The van der Waals surface area contributed by atoms with Crippen molar-refractivity contribution in [3.8, 4) is 5.75 Å². The quantitative estimate of drug-likeness (QED) is 0.346. The van der Waals surface area contributed by atoms with Crippen molar-refractivity contribution in [3.63, 3.8) is 0 Å². The van der Waals surface area contributed by atoms with Crippen LogP contribution in [0.2, 0.25) is 0 Å². The zero-order valence-electron chi connectivity index (χ0n) is 18.9. The lowest BCUT2D eigenvalue weighted by Gasteiger charge is -2.10. The number of amides is 2. The monoisotopic (exact) mass is 463 g/mol. The normalized spacial score (nSPS) is 10.1. The van der Waals surface area contributed by atoms with Gasteiger partial charge in [-0.05, 0) is 35.4 Å². The minimum Gasteiger partial charge on any atom is -0.490 e. The highest BCUT2D eigenvalue weighted by Gasteiger charge is 2.05. The second-order valence-electron chi connectivity index (χ2n) is 7.25. The number of carbonyl (C=O) groups excluding carboxylic acids is 2. The van der Waals surface area contributed by atoms with Crippen LogP contribution in [0.4, 0.5) is 15.3 Å². The summed E-state index contributed by atoms with van der Waals surface area (Å²) < 4.78 is 15.8. The van der Waals surface area contributed by atoms with E-state index in [0.717, 1.165) is 22.6 Å². The van der Waals surface area contributed by atoms with Crippen LogP contribution in [0.3, 0.4) is 0 Å². The van der Waals surface area contributed by atoms with Gasteiger partial charge in [-0.2, -0.15) is 0 Å². The SMILES string of the molecule is O=C(NCc1cccc(CNC(=O)OCCOc2ccccc2)c1)OCCNc1ccccc1. The van der Waals surface area contributed by atoms with Crippen LogP contribution >= 0.6 is 0 Å². The van der Waals surface area contributed by atoms with Gasteiger partial charge in [0.1, 0.15) is 25.6 Å². The molecule has 178 valence electrons. The predicted octanol–water partition coefficient (Wildman–Crippen LogP) is 4.33. The van der Waals surface area contributed by atoms with Crippen molar-refractivity contribution in [2.75, 3.05) is 31.7 Å². The number of hydrogen-bond acceptors (Lipinski definition) is 6. The molecule has 0 fully saturated rings.